The van der Waals surface area contributed by atoms with Gasteiger partial charge in [-0.2, -0.15) is 5.10 Å². The predicted octanol–water partition coefficient (Wildman–Crippen LogP) is 3.38. The first-order chi connectivity index (χ1) is 14.4. The lowest BCUT2D eigenvalue weighted by molar-refractivity contribution is 0.102. The highest BCUT2D eigenvalue weighted by Crippen LogP contribution is 2.25. The Balaban J connectivity index is 1.84. The minimum atomic E-state index is -3.85. The smallest absolute Gasteiger partial charge is 0.264 e. The number of amides is 1. The molecule has 0 spiro atoms. The molecular formula is C21H24N4O4S. The summed E-state index contributed by atoms with van der Waals surface area (Å²) in [5.41, 5.74) is 0.720. The van der Waals surface area contributed by atoms with Crippen molar-refractivity contribution in [3.63, 3.8) is 0 Å². The van der Waals surface area contributed by atoms with Crippen LogP contribution >= 0.6 is 0 Å². The van der Waals surface area contributed by atoms with Crippen LogP contribution in [0.25, 0.3) is 0 Å². The summed E-state index contributed by atoms with van der Waals surface area (Å²) in [4.78, 5) is 12.7. The molecule has 0 fully saturated rings. The summed E-state index contributed by atoms with van der Waals surface area (Å²) in [6.07, 6.45) is 2.48. The van der Waals surface area contributed by atoms with Gasteiger partial charge < -0.3 is 10.1 Å². The first-order valence-corrected chi connectivity index (χ1v) is 10.9. The van der Waals surface area contributed by atoms with Gasteiger partial charge in [0.25, 0.3) is 15.9 Å². The lowest BCUT2D eigenvalue weighted by Gasteiger charge is -2.20. The van der Waals surface area contributed by atoms with Crippen LogP contribution < -0.4 is 14.4 Å². The minimum Gasteiger partial charge on any atom is -0.497 e. The number of carbonyl (C=O) groups excluding carboxylic acids is 1. The molecule has 30 heavy (non-hydrogen) atoms. The molecule has 1 heterocycles. The Kier molecular flexibility index (Phi) is 6.41. The maximum atomic E-state index is 13.1. The molecule has 1 amide bonds. The van der Waals surface area contributed by atoms with Gasteiger partial charge in [-0.05, 0) is 48.9 Å². The molecule has 8 nitrogen and oxygen atoms in total. The second-order valence-corrected chi connectivity index (χ2v) is 8.56. The Morgan fingerprint density at radius 1 is 1.17 bits per heavy atom. The first-order valence-electron chi connectivity index (χ1n) is 9.43. The Morgan fingerprint density at radius 3 is 2.57 bits per heavy atom. The van der Waals surface area contributed by atoms with Crippen molar-refractivity contribution >= 4 is 27.4 Å². The summed E-state index contributed by atoms with van der Waals surface area (Å²) in [6, 6.07) is 14.3. The summed E-state index contributed by atoms with van der Waals surface area (Å²) in [7, 11) is -0.843. The molecule has 0 atom stereocenters. The van der Waals surface area contributed by atoms with Crippen molar-refractivity contribution in [1.82, 2.24) is 9.78 Å². The van der Waals surface area contributed by atoms with E-state index in [2.05, 4.69) is 10.4 Å². The van der Waals surface area contributed by atoms with E-state index in [1.54, 1.807) is 60.5 Å². The van der Waals surface area contributed by atoms with Crippen LogP contribution in [0, 0.1) is 0 Å². The molecule has 0 saturated heterocycles. The predicted molar refractivity (Wildman–Crippen MR) is 115 cm³/mol. The van der Waals surface area contributed by atoms with E-state index in [-0.39, 0.29) is 10.5 Å². The zero-order chi connectivity index (χ0) is 21.7. The zero-order valence-electron chi connectivity index (χ0n) is 17.1. The molecule has 1 aromatic heterocycles. The number of nitrogens with one attached hydrogen (secondary N) is 1. The van der Waals surface area contributed by atoms with E-state index in [4.69, 9.17) is 4.74 Å². The number of methoxy groups -OCH3 is 1. The second-order valence-electron chi connectivity index (χ2n) is 6.59. The number of ether oxygens (including phenoxy) is 1. The third kappa shape index (κ3) is 4.46. The number of aryl methyl sites for hydroxylation is 1. The SMILES string of the molecule is CCCn1nccc1NC(=O)c1cccc(S(=O)(=O)N(C)c2ccc(OC)cc2)c1. The Bertz CT molecular complexity index is 1120. The highest BCUT2D eigenvalue weighted by molar-refractivity contribution is 7.92. The number of benzene rings is 2. The average Bonchev–Trinajstić information content (AvgIpc) is 3.20. The van der Waals surface area contributed by atoms with E-state index >= 15 is 0 Å². The maximum Gasteiger partial charge on any atom is 0.264 e. The van der Waals surface area contributed by atoms with Crippen molar-refractivity contribution in [1.29, 1.82) is 0 Å². The van der Waals surface area contributed by atoms with Crippen molar-refractivity contribution in [3.8, 4) is 5.75 Å². The topological polar surface area (TPSA) is 93.5 Å². The largest absolute Gasteiger partial charge is 0.497 e. The Morgan fingerprint density at radius 2 is 1.90 bits per heavy atom. The van der Waals surface area contributed by atoms with Crippen LogP contribution in [0.4, 0.5) is 11.5 Å². The van der Waals surface area contributed by atoms with E-state index in [1.807, 2.05) is 6.92 Å². The standard InChI is InChI=1S/C21H24N4O4S/c1-4-14-25-20(12-13-22-25)23-21(26)16-6-5-7-19(15-16)30(27,28)24(2)17-8-10-18(29-3)11-9-17/h5-13,15H,4,14H2,1-3H3,(H,23,26). The van der Waals surface area contributed by atoms with Gasteiger partial charge in [-0.1, -0.05) is 13.0 Å². The molecule has 1 N–H and O–H groups in total. The van der Waals surface area contributed by atoms with Crippen LogP contribution in [0.5, 0.6) is 5.75 Å². The fourth-order valence-corrected chi connectivity index (χ4v) is 4.15. The third-order valence-electron chi connectivity index (χ3n) is 4.58. The Labute approximate surface area is 176 Å². The number of rotatable bonds is 8. The van der Waals surface area contributed by atoms with E-state index < -0.39 is 15.9 Å². The normalized spacial score (nSPS) is 11.2. The van der Waals surface area contributed by atoms with E-state index in [9.17, 15) is 13.2 Å². The van der Waals surface area contributed by atoms with Crippen LogP contribution in [-0.2, 0) is 16.6 Å². The molecule has 0 aliphatic rings. The number of aromatic nitrogens is 2. The third-order valence-corrected chi connectivity index (χ3v) is 6.37. The van der Waals surface area contributed by atoms with Crippen molar-refractivity contribution in [2.75, 3.05) is 23.8 Å². The monoisotopic (exact) mass is 428 g/mol. The van der Waals surface area contributed by atoms with Gasteiger partial charge in [0.15, 0.2) is 0 Å². The van der Waals surface area contributed by atoms with E-state index in [1.165, 1.54) is 23.5 Å². The number of anilines is 2. The van der Waals surface area contributed by atoms with Gasteiger partial charge in [-0.25, -0.2) is 13.1 Å². The molecule has 0 aliphatic heterocycles. The number of nitrogens with zero attached hydrogens (tertiary/aromatic N) is 3. The lowest BCUT2D eigenvalue weighted by atomic mass is 10.2. The number of sulfonamides is 1. The molecular weight excluding hydrogens is 404 g/mol. The summed E-state index contributed by atoms with van der Waals surface area (Å²) >= 11 is 0. The number of hydrogen-bond acceptors (Lipinski definition) is 5. The van der Waals surface area contributed by atoms with Gasteiger partial charge in [0.05, 0.1) is 23.9 Å². The average molecular weight is 429 g/mol. The zero-order valence-corrected chi connectivity index (χ0v) is 17.9. The van der Waals surface area contributed by atoms with Crippen LogP contribution in [0.15, 0.2) is 65.7 Å². The van der Waals surface area contributed by atoms with Crippen molar-refractivity contribution in [2.24, 2.45) is 0 Å². The van der Waals surface area contributed by atoms with Gasteiger partial charge in [0.2, 0.25) is 0 Å². The van der Waals surface area contributed by atoms with Gasteiger partial charge >= 0.3 is 0 Å². The fourth-order valence-electron chi connectivity index (χ4n) is 2.90. The minimum absolute atomic E-state index is 0.0236. The summed E-state index contributed by atoms with van der Waals surface area (Å²) < 4.78 is 34.1. The molecule has 0 aliphatic carbocycles. The molecule has 0 radical (unpaired) electrons. The molecule has 3 rings (SSSR count). The molecule has 2 aromatic carbocycles. The molecule has 0 saturated carbocycles. The van der Waals surface area contributed by atoms with Crippen LogP contribution in [0.1, 0.15) is 23.7 Å². The molecule has 3 aromatic rings. The van der Waals surface area contributed by atoms with E-state index in [0.29, 0.717) is 23.8 Å². The highest BCUT2D eigenvalue weighted by Gasteiger charge is 2.23. The van der Waals surface area contributed by atoms with Crippen LogP contribution in [-0.4, -0.2) is 38.3 Å². The Hall–Kier alpha value is -3.33. The summed E-state index contributed by atoms with van der Waals surface area (Å²) in [5.74, 6) is 0.785. The second kappa shape index (κ2) is 9.00. The lowest BCUT2D eigenvalue weighted by Crippen LogP contribution is -2.27. The molecule has 0 bridgehead atoms. The fraction of sp³-hybridized carbons (Fsp3) is 0.238. The maximum absolute atomic E-state index is 13.1. The van der Waals surface area contributed by atoms with Crippen LogP contribution in [0.3, 0.4) is 0 Å². The van der Waals surface area contributed by atoms with Gasteiger partial charge in [0.1, 0.15) is 11.6 Å². The molecule has 158 valence electrons. The van der Waals surface area contributed by atoms with E-state index in [0.717, 1.165) is 6.42 Å². The first kappa shape index (κ1) is 21.4. The van der Waals surface area contributed by atoms with Crippen LogP contribution in [0.2, 0.25) is 0 Å². The quantitative estimate of drug-likeness (QED) is 0.594. The molecule has 0 unspecified atom stereocenters. The summed E-state index contributed by atoms with van der Waals surface area (Å²) in [5, 5.41) is 6.95. The van der Waals surface area contributed by atoms with Gasteiger partial charge in [-0.3, -0.25) is 9.10 Å². The number of hydrogen-bond donors (Lipinski definition) is 1. The highest BCUT2D eigenvalue weighted by atomic mass is 32.2. The number of carbonyl (C=O) groups is 1. The van der Waals surface area contributed by atoms with Crippen molar-refractivity contribution in [3.05, 3.63) is 66.4 Å². The van der Waals surface area contributed by atoms with Crippen molar-refractivity contribution in [2.45, 2.75) is 24.8 Å². The summed E-state index contributed by atoms with van der Waals surface area (Å²) in [6.45, 7) is 2.69. The van der Waals surface area contributed by atoms with Gasteiger partial charge in [-0.15, -0.1) is 0 Å². The molecule has 9 heteroatoms. The van der Waals surface area contributed by atoms with Gasteiger partial charge in [0, 0.05) is 25.2 Å². The van der Waals surface area contributed by atoms with Crippen molar-refractivity contribution < 1.29 is 17.9 Å².